The Balaban J connectivity index is 2.94. The van der Waals surface area contributed by atoms with Gasteiger partial charge < -0.3 is 10.6 Å². The molecule has 2 N–H and O–H groups in total. The van der Waals surface area contributed by atoms with Gasteiger partial charge in [0.1, 0.15) is 10.7 Å². The van der Waals surface area contributed by atoms with Gasteiger partial charge in [-0.15, -0.1) is 0 Å². The van der Waals surface area contributed by atoms with Crippen molar-refractivity contribution in [3.8, 4) is 0 Å². The van der Waals surface area contributed by atoms with Crippen LogP contribution < -0.4 is 5.73 Å². The van der Waals surface area contributed by atoms with Crippen LogP contribution in [0.1, 0.15) is 43.2 Å². The monoisotopic (exact) mass is 265 g/mol. The number of amides is 1. The van der Waals surface area contributed by atoms with Crippen molar-refractivity contribution in [1.29, 1.82) is 0 Å². The molecule has 1 rings (SSSR count). The Hall–Kier alpha value is -1.49. The Bertz CT molecular complexity index is 454. The minimum Gasteiger partial charge on any atom is -0.389 e. The molecule has 0 unspecified atom stereocenters. The highest BCUT2D eigenvalue weighted by Crippen LogP contribution is 2.18. The fourth-order valence-electron chi connectivity index (χ4n) is 1.35. The Morgan fingerprint density at radius 1 is 1.50 bits per heavy atom. The number of nitrogens with zero attached hydrogens (tertiary/aromatic N) is 2. The van der Waals surface area contributed by atoms with E-state index in [9.17, 15) is 4.79 Å². The van der Waals surface area contributed by atoms with E-state index in [4.69, 9.17) is 18.0 Å². The van der Waals surface area contributed by atoms with Crippen LogP contribution in [0.4, 0.5) is 0 Å². The number of hydrogen-bond donors (Lipinski definition) is 1. The van der Waals surface area contributed by atoms with E-state index < -0.39 is 0 Å². The minimum absolute atomic E-state index is 0.101. The van der Waals surface area contributed by atoms with E-state index >= 15 is 0 Å². The quantitative estimate of drug-likeness (QED) is 0.846. The zero-order chi connectivity index (χ0) is 13.9. The van der Waals surface area contributed by atoms with Gasteiger partial charge in [-0.3, -0.25) is 9.78 Å². The lowest BCUT2D eigenvalue weighted by atomic mass is 9.99. The number of carbonyl (C=O) groups is 1. The van der Waals surface area contributed by atoms with Crippen LogP contribution in [0.5, 0.6) is 0 Å². The molecule has 1 heterocycles. The zero-order valence-electron chi connectivity index (χ0n) is 11.2. The van der Waals surface area contributed by atoms with Crippen LogP contribution in [0.15, 0.2) is 18.3 Å². The maximum absolute atomic E-state index is 12.2. The number of pyridine rings is 1. The third-order valence-corrected chi connectivity index (χ3v) is 3.58. The molecule has 0 saturated carbocycles. The molecular weight excluding hydrogens is 246 g/mol. The molecule has 0 aliphatic heterocycles. The van der Waals surface area contributed by atoms with Crippen LogP contribution in [0.2, 0.25) is 0 Å². The summed E-state index contributed by atoms with van der Waals surface area (Å²) in [4.78, 5) is 18.3. The van der Waals surface area contributed by atoms with Crippen molar-refractivity contribution in [1.82, 2.24) is 9.88 Å². The normalized spacial score (nSPS) is 11.1. The summed E-state index contributed by atoms with van der Waals surface area (Å²) >= 11 is 4.84. The minimum atomic E-state index is -0.194. The SMILES string of the molecule is CCC(C)(C)N(C)C(=O)c1ccc(C(N)=S)cn1. The van der Waals surface area contributed by atoms with Crippen molar-refractivity contribution in [2.45, 2.75) is 32.7 Å². The number of nitrogens with two attached hydrogens (primary N) is 1. The highest BCUT2D eigenvalue weighted by Gasteiger charge is 2.27. The van der Waals surface area contributed by atoms with Gasteiger partial charge in [0.2, 0.25) is 0 Å². The van der Waals surface area contributed by atoms with Crippen molar-refractivity contribution in [3.63, 3.8) is 0 Å². The molecule has 18 heavy (non-hydrogen) atoms. The number of carbonyl (C=O) groups excluding carboxylic acids is 1. The van der Waals surface area contributed by atoms with E-state index in [2.05, 4.69) is 4.98 Å². The number of aromatic nitrogens is 1. The van der Waals surface area contributed by atoms with Crippen LogP contribution in [-0.4, -0.2) is 33.4 Å². The van der Waals surface area contributed by atoms with Crippen LogP contribution in [0.3, 0.4) is 0 Å². The van der Waals surface area contributed by atoms with Gasteiger partial charge in [-0.1, -0.05) is 19.1 Å². The molecule has 0 spiro atoms. The van der Waals surface area contributed by atoms with Crippen molar-refractivity contribution in [2.75, 3.05) is 7.05 Å². The summed E-state index contributed by atoms with van der Waals surface area (Å²) in [6.07, 6.45) is 2.41. The lowest BCUT2D eigenvalue weighted by Gasteiger charge is -2.34. The smallest absolute Gasteiger partial charge is 0.272 e. The van der Waals surface area contributed by atoms with Gasteiger partial charge in [0, 0.05) is 24.3 Å². The maximum atomic E-state index is 12.2. The highest BCUT2D eigenvalue weighted by molar-refractivity contribution is 7.80. The molecule has 0 atom stereocenters. The Labute approximate surface area is 113 Å². The van der Waals surface area contributed by atoms with E-state index in [0.717, 1.165) is 6.42 Å². The Kier molecular flexibility index (Phi) is 4.40. The predicted molar refractivity (Wildman–Crippen MR) is 76.6 cm³/mol. The number of thiocarbonyl (C=S) groups is 1. The van der Waals surface area contributed by atoms with Gasteiger partial charge in [0.15, 0.2) is 0 Å². The average Bonchev–Trinajstić information content (AvgIpc) is 2.37. The third kappa shape index (κ3) is 3.04. The van der Waals surface area contributed by atoms with E-state index in [1.807, 2.05) is 20.8 Å². The molecule has 0 bridgehead atoms. The van der Waals surface area contributed by atoms with Crippen LogP contribution in [0.25, 0.3) is 0 Å². The molecule has 1 aromatic heterocycles. The fourth-order valence-corrected chi connectivity index (χ4v) is 1.47. The van der Waals surface area contributed by atoms with Crippen molar-refractivity contribution < 1.29 is 4.79 Å². The second-order valence-electron chi connectivity index (χ2n) is 4.83. The first-order valence-electron chi connectivity index (χ1n) is 5.83. The summed E-state index contributed by atoms with van der Waals surface area (Å²) in [6.45, 7) is 6.09. The zero-order valence-corrected chi connectivity index (χ0v) is 12.0. The van der Waals surface area contributed by atoms with Gasteiger partial charge in [-0.2, -0.15) is 0 Å². The summed E-state index contributed by atoms with van der Waals surface area (Å²) in [7, 11) is 1.79. The first-order valence-corrected chi connectivity index (χ1v) is 6.24. The molecule has 0 radical (unpaired) electrons. The van der Waals surface area contributed by atoms with Crippen LogP contribution in [-0.2, 0) is 0 Å². The lowest BCUT2D eigenvalue weighted by molar-refractivity contribution is 0.0614. The summed E-state index contributed by atoms with van der Waals surface area (Å²) < 4.78 is 0. The van der Waals surface area contributed by atoms with Crippen molar-refractivity contribution >= 4 is 23.1 Å². The molecule has 0 aromatic carbocycles. The number of rotatable bonds is 4. The third-order valence-electron chi connectivity index (χ3n) is 3.34. The van der Waals surface area contributed by atoms with Gasteiger partial charge in [-0.05, 0) is 32.4 Å². The summed E-state index contributed by atoms with van der Waals surface area (Å²) in [5.74, 6) is -0.101. The maximum Gasteiger partial charge on any atom is 0.272 e. The van der Waals surface area contributed by atoms with Gasteiger partial charge in [0.25, 0.3) is 5.91 Å². The topological polar surface area (TPSA) is 59.2 Å². The standard InChI is InChI=1S/C13H19N3OS/c1-5-13(2,3)16(4)12(17)10-7-6-9(8-15-10)11(14)18/h6-8H,5H2,1-4H3,(H2,14,18). The second-order valence-corrected chi connectivity index (χ2v) is 5.27. The fraction of sp³-hybridized carbons (Fsp3) is 0.462. The van der Waals surface area contributed by atoms with Gasteiger partial charge in [0.05, 0.1) is 0 Å². The largest absolute Gasteiger partial charge is 0.389 e. The summed E-state index contributed by atoms with van der Waals surface area (Å²) in [6, 6.07) is 3.37. The second kappa shape index (κ2) is 5.44. The molecule has 5 heteroatoms. The van der Waals surface area contributed by atoms with Crippen LogP contribution >= 0.6 is 12.2 Å². The molecule has 0 saturated heterocycles. The van der Waals surface area contributed by atoms with Gasteiger partial charge >= 0.3 is 0 Å². The summed E-state index contributed by atoms with van der Waals surface area (Å²) in [5, 5.41) is 0. The lowest BCUT2D eigenvalue weighted by Crippen LogP contribution is -2.44. The molecule has 0 fully saturated rings. The van der Waals surface area contributed by atoms with Gasteiger partial charge in [-0.25, -0.2) is 0 Å². The average molecular weight is 265 g/mol. The highest BCUT2D eigenvalue weighted by atomic mass is 32.1. The number of hydrogen-bond acceptors (Lipinski definition) is 3. The van der Waals surface area contributed by atoms with Crippen molar-refractivity contribution in [2.24, 2.45) is 5.73 Å². The van der Waals surface area contributed by atoms with E-state index in [1.165, 1.54) is 6.20 Å². The summed E-state index contributed by atoms with van der Waals surface area (Å²) in [5.41, 5.74) is 6.36. The molecule has 1 aromatic rings. The first kappa shape index (κ1) is 14.6. The Morgan fingerprint density at radius 2 is 2.11 bits per heavy atom. The molecular formula is C13H19N3OS. The van der Waals surface area contributed by atoms with E-state index in [1.54, 1.807) is 24.1 Å². The molecule has 0 aliphatic rings. The van der Waals surface area contributed by atoms with E-state index in [-0.39, 0.29) is 16.4 Å². The molecule has 98 valence electrons. The molecule has 1 amide bonds. The van der Waals surface area contributed by atoms with Crippen molar-refractivity contribution in [3.05, 3.63) is 29.6 Å². The van der Waals surface area contributed by atoms with Crippen LogP contribution in [0, 0.1) is 0 Å². The Morgan fingerprint density at radius 3 is 2.50 bits per heavy atom. The first-order chi connectivity index (χ1) is 8.29. The van der Waals surface area contributed by atoms with E-state index in [0.29, 0.717) is 11.3 Å². The molecule has 4 nitrogen and oxygen atoms in total. The predicted octanol–water partition coefficient (Wildman–Crippen LogP) is 1.98. The molecule has 0 aliphatic carbocycles.